The standard InChI is InChI=1S/C28H30N2O4/c1-19-11-7-8-15-23(19)25-24(26(31)34-18-9-14-22-12-5-4-6-13-22)20(2)30-21(3)28(25,27(32)33)16-10-17-29/h4-9,11-15,21,24-25H,10,16,18H2,1-3H3,(H,32,33). The lowest BCUT2D eigenvalue weighted by molar-refractivity contribution is -0.157. The van der Waals surface area contributed by atoms with Crippen LogP contribution in [-0.2, 0) is 14.3 Å². The van der Waals surface area contributed by atoms with Gasteiger partial charge in [-0.25, -0.2) is 0 Å². The van der Waals surface area contributed by atoms with Gasteiger partial charge in [0.1, 0.15) is 12.5 Å². The second kappa shape index (κ2) is 10.9. The summed E-state index contributed by atoms with van der Waals surface area (Å²) in [6.45, 7) is 5.47. The van der Waals surface area contributed by atoms with Crippen LogP contribution in [-0.4, -0.2) is 35.4 Å². The summed E-state index contributed by atoms with van der Waals surface area (Å²) < 4.78 is 5.61. The van der Waals surface area contributed by atoms with Gasteiger partial charge < -0.3 is 9.84 Å². The molecule has 0 saturated heterocycles. The van der Waals surface area contributed by atoms with Gasteiger partial charge >= 0.3 is 11.9 Å². The molecule has 34 heavy (non-hydrogen) atoms. The number of rotatable bonds is 8. The SMILES string of the molecule is CC1=NC(C)C(CCC#N)(C(=O)O)C(c2ccccc2C)C1C(=O)OCC=Cc1ccccc1. The Bertz CT molecular complexity index is 1130. The molecule has 4 unspecified atom stereocenters. The van der Waals surface area contributed by atoms with Crippen molar-refractivity contribution >= 4 is 23.7 Å². The molecule has 6 heteroatoms. The third-order valence-electron chi connectivity index (χ3n) is 6.74. The first kappa shape index (κ1) is 24.9. The fraction of sp³-hybridized carbons (Fsp3) is 0.357. The molecule has 6 nitrogen and oxygen atoms in total. The number of aryl methyl sites for hydroxylation is 1. The van der Waals surface area contributed by atoms with Crippen molar-refractivity contribution in [2.75, 3.05) is 6.61 Å². The highest BCUT2D eigenvalue weighted by molar-refractivity contribution is 6.04. The van der Waals surface area contributed by atoms with E-state index in [2.05, 4.69) is 11.1 Å². The zero-order chi connectivity index (χ0) is 24.7. The number of carbonyl (C=O) groups excluding carboxylic acids is 1. The van der Waals surface area contributed by atoms with Crippen LogP contribution in [0, 0.1) is 29.6 Å². The number of nitrogens with zero attached hydrogens (tertiary/aromatic N) is 2. The van der Waals surface area contributed by atoms with E-state index in [4.69, 9.17) is 4.74 Å². The van der Waals surface area contributed by atoms with Crippen molar-refractivity contribution in [3.8, 4) is 6.07 Å². The fourth-order valence-electron chi connectivity index (χ4n) is 5.01. The van der Waals surface area contributed by atoms with Crippen molar-refractivity contribution in [2.45, 2.75) is 45.6 Å². The Morgan fingerprint density at radius 2 is 1.82 bits per heavy atom. The van der Waals surface area contributed by atoms with Crippen LogP contribution in [0.15, 0.2) is 65.7 Å². The van der Waals surface area contributed by atoms with Crippen LogP contribution in [0.1, 0.15) is 49.3 Å². The topological polar surface area (TPSA) is 99.8 Å². The van der Waals surface area contributed by atoms with Crippen molar-refractivity contribution in [1.82, 2.24) is 0 Å². The van der Waals surface area contributed by atoms with Crippen LogP contribution in [0.25, 0.3) is 6.08 Å². The number of carboxylic acid groups (broad SMARTS) is 1. The second-order valence-electron chi connectivity index (χ2n) is 8.71. The van der Waals surface area contributed by atoms with Gasteiger partial charge in [-0.3, -0.25) is 14.6 Å². The van der Waals surface area contributed by atoms with E-state index in [-0.39, 0.29) is 19.4 Å². The minimum absolute atomic E-state index is 0.0508. The molecule has 1 N–H and O–H groups in total. The van der Waals surface area contributed by atoms with Gasteiger partial charge in [0, 0.05) is 18.1 Å². The molecule has 1 aliphatic heterocycles. The Hall–Kier alpha value is -3.72. The van der Waals surface area contributed by atoms with Gasteiger partial charge in [-0.2, -0.15) is 5.26 Å². The summed E-state index contributed by atoms with van der Waals surface area (Å²) in [4.78, 5) is 30.9. The average Bonchev–Trinajstić information content (AvgIpc) is 2.82. The second-order valence-corrected chi connectivity index (χ2v) is 8.71. The number of aliphatic imine (C=N–C) groups is 1. The summed E-state index contributed by atoms with van der Waals surface area (Å²) in [5.41, 5.74) is 1.78. The Kier molecular flexibility index (Phi) is 8.01. The van der Waals surface area contributed by atoms with Gasteiger partial charge in [0.25, 0.3) is 0 Å². The number of nitriles is 1. The molecule has 0 fully saturated rings. The van der Waals surface area contributed by atoms with E-state index in [1.54, 1.807) is 19.9 Å². The first-order valence-electron chi connectivity index (χ1n) is 11.4. The molecule has 0 bridgehead atoms. The monoisotopic (exact) mass is 458 g/mol. The number of carbonyl (C=O) groups is 2. The number of ether oxygens (including phenoxy) is 1. The van der Waals surface area contributed by atoms with E-state index in [1.807, 2.05) is 67.6 Å². The summed E-state index contributed by atoms with van der Waals surface area (Å²) in [7, 11) is 0. The number of hydrogen-bond acceptors (Lipinski definition) is 5. The summed E-state index contributed by atoms with van der Waals surface area (Å²) in [5.74, 6) is -3.14. The van der Waals surface area contributed by atoms with Gasteiger partial charge in [0.05, 0.1) is 17.5 Å². The van der Waals surface area contributed by atoms with E-state index in [0.717, 1.165) is 16.7 Å². The van der Waals surface area contributed by atoms with Crippen molar-refractivity contribution in [2.24, 2.45) is 16.3 Å². The highest BCUT2D eigenvalue weighted by Crippen LogP contribution is 2.52. The zero-order valence-electron chi connectivity index (χ0n) is 19.8. The normalized spacial score (nSPS) is 24.3. The molecule has 3 rings (SSSR count). The molecule has 176 valence electrons. The summed E-state index contributed by atoms with van der Waals surface area (Å²) >= 11 is 0. The molecule has 0 radical (unpaired) electrons. The van der Waals surface area contributed by atoms with Crippen LogP contribution in [0.2, 0.25) is 0 Å². The first-order valence-corrected chi connectivity index (χ1v) is 11.4. The first-order chi connectivity index (χ1) is 16.3. The van der Waals surface area contributed by atoms with Gasteiger partial charge in [-0.05, 0) is 50.0 Å². The molecule has 0 spiro atoms. The molecule has 0 aliphatic carbocycles. The Morgan fingerprint density at radius 3 is 2.47 bits per heavy atom. The molecule has 0 aromatic heterocycles. The third-order valence-corrected chi connectivity index (χ3v) is 6.74. The Morgan fingerprint density at radius 1 is 1.15 bits per heavy atom. The lowest BCUT2D eigenvalue weighted by atomic mass is 9.57. The smallest absolute Gasteiger partial charge is 0.315 e. The summed E-state index contributed by atoms with van der Waals surface area (Å²) in [6.07, 6.45) is 3.77. The van der Waals surface area contributed by atoms with Gasteiger partial charge in [0.2, 0.25) is 0 Å². The third kappa shape index (κ3) is 4.94. The maximum absolute atomic E-state index is 13.4. The number of carboxylic acids is 1. The molecule has 1 heterocycles. The lowest BCUT2D eigenvalue weighted by Gasteiger charge is -2.47. The summed E-state index contributed by atoms with van der Waals surface area (Å²) in [5, 5.41) is 19.8. The number of esters is 1. The predicted molar refractivity (Wildman–Crippen MR) is 131 cm³/mol. The summed E-state index contributed by atoms with van der Waals surface area (Å²) in [6, 6.07) is 18.6. The number of aliphatic carboxylic acids is 1. The zero-order valence-corrected chi connectivity index (χ0v) is 19.8. The number of benzene rings is 2. The average molecular weight is 459 g/mol. The Balaban J connectivity index is 2.00. The van der Waals surface area contributed by atoms with E-state index >= 15 is 0 Å². The molecule has 2 aromatic carbocycles. The van der Waals surface area contributed by atoms with E-state index in [1.165, 1.54) is 0 Å². The van der Waals surface area contributed by atoms with Crippen molar-refractivity contribution in [1.29, 1.82) is 5.26 Å². The minimum Gasteiger partial charge on any atom is -0.481 e. The van der Waals surface area contributed by atoms with E-state index in [9.17, 15) is 20.0 Å². The minimum atomic E-state index is -1.41. The highest BCUT2D eigenvalue weighted by Gasteiger charge is 2.58. The maximum atomic E-state index is 13.4. The van der Waals surface area contributed by atoms with Gasteiger partial charge in [-0.15, -0.1) is 0 Å². The molecule has 2 aromatic rings. The van der Waals surface area contributed by atoms with Crippen molar-refractivity contribution < 1.29 is 19.4 Å². The van der Waals surface area contributed by atoms with Gasteiger partial charge in [-0.1, -0.05) is 60.7 Å². The van der Waals surface area contributed by atoms with E-state index in [0.29, 0.717) is 5.71 Å². The molecular formula is C28H30N2O4. The molecule has 4 atom stereocenters. The van der Waals surface area contributed by atoms with Crippen LogP contribution in [0.5, 0.6) is 0 Å². The van der Waals surface area contributed by atoms with E-state index < -0.39 is 35.2 Å². The van der Waals surface area contributed by atoms with Crippen LogP contribution in [0.4, 0.5) is 0 Å². The van der Waals surface area contributed by atoms with Crippen LogP contribution in [0.3, 0.4) is 0 Å². The van der Waals surface area contributed by atoms with Crippen molar-refractivity contribution in [3.05, 3.63) is 77.4 Å². The number of hydrogen-bond donors (Lipinski definition) is 1. The Labute approximate surface area is 200 Å². The largest absolute Gasteiger partial charge is 0.481 e. The lowest BCUT2D eigenvalue weighted by Crippen LogP contribution is -2.54. The fourth-order valence-corrected chi connectivity index (χ4v) is 5.01. The van der Waals surface area contributed by atoms with Gasteiger partial charge in [0.15, 0.2) is 0 Å². The molecular weight excluding hydrogens is 428 g/mol. The molecule has 1 aliphatic rings. The van der Waals surface area contributed by atoms with Crippen LogP contribution < -0.4 is 0 Å². The molecule has 0 saturated carbocycles. The predicted octanol–water partition coefficient (Wildman–Crippen LogP) is 5.19. The van der Waals surface area contributed by atoms with Crippen LogP contribution >= 0.6 is 0 Å². The maximum Gasteiger partial charge on any atom is 0.315 e. The quantitative estimate of drug-likeness (QED) is 0.549. The molecule has 0 amide bonds. The van der Waals surface area contributed by atoms with Crippen molar-refractivity contribution in [3.63, 3.8) is 0 Å². The highest BCUT2D eigenvalue weighted by atomic mass is 16.5.